The molecular formula is C17H19ClN4O2. The van der Waals surface area contributed by atoms with Gasteiger partial charge < -0.3 is 15.0 Å². The Balaban J connectivity index is 1.72. The van der Waals surface area contributed by atoms with Crippen LogP contribution in [0.5, 0.6) is 5.88 Å². The van der Waals surface area contributed by atoms with Crippen molar-refractivity contribution in [2.75, 3.05) is 25.5 Å². The predicted octanol–water partition coefficient (Wildman–Crippen LogP) is 3.51. The van der Waals surface area contributed by atoms with Crippen molar-refractivity contribution in [3.05, 3.63) is 41.2 Å². The number of ether oxygens (including phenoxy) is 1. The summed E-state index contributed by atoms with van der Waals surface area (Å²) in [6.07, 6.45) is 6.47. The fraction of sp³-hybridized carbons (Fsp3) is 0.353. The zero-order valence-corrected chi connectivity index (χ0v) is 14.2. The van der Waals surface area contributed by atoms with E-state index in [0.717, 1.165) is 31.6 Å². The molecule has 1 saturated heterocycles. The van der Waals surface area contributed by atoms with E-state index < -0.39 is 0 Å². The SMILES string of the molecule is COc1ccc(Nc2ncc(C(=O)N3CCCCC3)cc2Cl)cn1. The van der Waals surface area contributed by atoms with E-state index in [-0.39, 0.29) is 5.91 Å². The van der Waals surface area contributed by atoms with E-state index in [0.29, 0.717) is 22.3 Å². The average molecular weight is 347 g/mol. The first-order valence-electron chi connectivity index (χ1n) is 7.89. The third-order valence-corrected chi connectivity index (χ3v) is 4.23. The fourth-order valence-electron chi connectivity index (χ4n) is 2.64. The van der Waals surface area contributed by atoms with Crippen LogP contribution in [0.2, 0.25) is 5.02 Å². The van der Waals surface area contributed by atoms with Crippen LogP contribution in [0.3, 0.4) is 0 Å². The summed E-state index contributed by atoms with van der Waals surface area (Å²) >= 11 is 6.28. The van der Waals surface area contributed by atoms with Gasteiger partial charge in [-0.1, -0.05) is 11.6 Å². The highest BCUT2D eigenvalue weighted by Crippen LogP contribution is 2.25. The Morgan fingerprint density at radius 2 is 2.00 bits per heavy atom. The number of carbonyl (C=O) groups is 1. The van der Waals surface area contributed by atoms with E-state index in [1.54, 1.807) is 31.6 Å². The maximum absolute atomic E-state index is 12.5. The molecule has 0 unspecified atom stereocenters. The third kappa shape index (κ3) is 3.76. The second kappa shape index (κ2) is 7.49. The molecule has 0 saturated carbocycles. The third-order valence-electron chi connectivity index (χ3n) is 3.94. The number of methoxy groups -OCH3 is 1. The lowest BCUT2D eigenvalue weighted by Crippen LogP contribution is -2.35. The summed E-state index contributed by atoms with van der Waals surface area (Å²) in [5, 5.41) is 3.48. The van der Waals surface area contributed by atoms with E-state index in [2.05, 4.69) is 15.3 Å². The van der Waals surface area contributed by atoms with Crippen molar-refractivity contribution in [2.45, 2.75) is 19.3 Å². The molecule has 0 radical (unpaired) electrons. The number of amides is 1. The quantitative estimate of drug-likeness (QED) is 0.917. The minimum Gasteiger partial charge on any atom is -0.481 e. The lowest BCUT2D eigenvalue weighted by atomic mass is 10.1. The number of nitrogens with one attached hydrogen (secondary N) is 1. The summed E-state index contributed by atoms with van der Waals surface area (Å²) in [5.41, 5.74) is 1.25. The number of hydrogen-bond acceptors (Lipinski definition) is 5. The highest BCUT2D eigenvalue weighted by Gasteiger charge is 2.19. The van der Waals surface area contributed by atoms with E-state index in [9.17, 15) is 4.79 Å². The van der Waals surface area contributed by atoms with Crippen molar-refractivity contribution < 1.29 is 9.53 Å². The van der Waals surface area contributed by atoms with Crippen molar-refractivity contribution in [2.24, 2.45) is 0 Å². The molecule has 2 aromatic heterocycles. The van der Waals surface area contributed by atoms with Crippen LogP contribution >= 0.6 is 11.6 Å². The van der Waals surface area contributed by atoms with Crippen molar-refractivity contribution in [1.82, 2.24) is 14.9 Å². The second-order valence-electron chi connectivity index (χ2n) is 5.62. The van der Waals surface area contributed by atoms with Crippen LogP contribution in [0.1, 0.15) is 29.6 Å². The van der Waals surface area contributed by atoms with Gasteiger partial charge in [-0.05, 0) is 31.4 Å². The number of aromatic nitrogens is 2. The molecule has 1 aliphatic heterocycles. The molecular weight excluding hydrogens is 328 g/mol. The van der Waals surface area contributed by atoms with Crippen LogP contribution in [-0.2, 0) is 0 Å². The van der Waals surface area contributed by atoms with Crippen LogP contribution in [0.25, 0.3) is 0 Å². The van der Waals surface area contributed by atoms with Crippen LogP contribution in [0, 0.1) is 0 Å². The van der Waals surface area contributed by atoms with Crippen LogP contribution in [-0.4, -0.2) is 41.0 Å². The van der Waals surface area contributed by atoms with Gasteiger partial charge in [0, 0.05) is 25.4 Å². The zero-order valence-electron chi connectivity index (χ0n) is 13.5. The molecule has 1 fully saturated rings. The first-order chi connectivity index (χ1) is 11.7. The molecule has 2 aromatic rings. The standard InChI is InChI=1S/C17H19ClN4O2/c1-24-15-6-5-13(11-19-15)21-16-14(18)9-12(10-20-16)17(23)22-7-3-2-4-8-22/h5-6,9-11H,2-4,7-8H2,1H3,(H,20,21). The number of pyridine rings is 2. The van der Waals surface area contributed by atoms with Gasteiger partial charge in [-0.15, -0.1) is 0 Å². The summed E-state index contributed by atoms with van der Waals surface area (Å²) in [7, 11) is 1.56. The summed E-state index contributed by atoms with van der Waals surface area (Å²) in [5.74, 6) is 1.00. The van der Waals surface area contributed by atoms with Crippen LogP contribution in [0.15, 0.2) is 30.6 Å². The number of carbonyl (C=O) groups excluding carboxylic acids is 1. The van der Waals surface area contributed by atoms with Gasteiger partial charge in [0.25, 0.3) is 5.91 Å². The van der Waals surface area contributed by atoms with Crippen LogP contribution < -0.4 is 10.1 Å². The molecule has 3 heterocycles. The number of halogens is 1. The molecule has 1 aliphatic rings. The average Bonchev–Trinajstić information content (AvgIpc) is 2.64. The van der Waals surface area contributed by atoms with Crippen LogP contribution in [0.4, 0.5) is 11.5 Å². The molecule has 0 spiro atoms. The van der Waals surface area contributed by atoms with Gasteiger partial charge in [-0.2, -0.15) is 0 Å². The molecule has 24 heavy (non-hydrogen) atoms. The Morgan fingerprint density at radius 1 is 1.21 bits per heavy atom. The molecule has 7 heteroatoms. The van der Waals surface area contributed by atoms with E-state index >= 15 is 0 Å². The number of hydrogen-bond donors (Lipinski definition) is 1. The number of nitrogens with zero attached hydrogens (tertiary/aromatic N) is 3. The smallest absolute Gasteiger partial charge is 0.255 e. The number of anilines is 2. The van der Waals surface area contributed by atoms with Gasteiger partial charge >= 0.3 is 0 Å². The Bertz CT molecular complexity index is 715. The molecule has 1 amide bonds. The number of rotatable bonds is 4. The largest absolute Gasteiger partial charge is 0.481 e. The molecule has 0 atom stereocenters. The summed E-state index contributed by atoms with van der Waals surface area (Å²) < 4.78 is 5.02. The molecule has 1 N–H and O–H groups in total. The van der Waals surface area contributed by atoms with Gasteiger partial charge in [0.15, 0.2) is 0 Å². The fourth-order valence-corrected chi connectivity index (χ4v) is 2.85. The Morgan fingerprint density at radius 3 is 2.62 bits per heavy atom. The van der Waals surface area contributed by atoms with Gasteiger partial charge in [0.05, 0.1) is 29.6 Å². The number of piperidine rings is 1. The maximum atomic E-state index is 12.5. The zero-order chi connectivity index (χ0) is 16.9. The highest BCUT2D eigenvalue weighted by molar-refractivity contribution is 6.33. The van der Waals surface area contributed by atoms with Crippen molar-refractivity contribution >= 4 is 29.0 Å². The van der Waals surface area contributed by atoms with Crippen molar-refractivity contribution in [3.8, 4) is 5.88 Å². The Hall–Kier alpha value is -2.34. The minimum atomic E-state index is -0.0123. The summed E-state index contributed by atoms with van der Waals surface area (Å²) in [4.78, 5) is 22.7. The lowest BCUT2D eigenvalue weighted by molar-refractivity contribution is 0.0724. The van der Waals surface area contributed by atoms with Gasteiger partial charge in [0.1, 0.15) is 5.82 Å². The van der Waals surface area contributed by atoms with E-state index in [1.807, 2.05) is 11.0 Å². The first-order valence-corrected chi connectivity index (χ1v) is 8.27. The first kappa shape index (κ1) is 16.5. The van der Waals surface area contributed by atoms with Gasteiger partial charge in [-0.25, -0.2) is 9.97 Å². The Kier molecular flexibility index (Phi) is 5.15. The maximum Gasteiger partial charge on any atom is 0.255 e. The normalized spacial score (nSPS) is 14.3. The van der Waals surface area contributed by atoms with Gasteiger partial charge in [0.2, 0.25) is 5.88 Å². The predicted molar refractivity (Wildman–Crippen MR) is 93.1 cm³/mol. The molecule has 6 nitrogen and oxygen atoms in total. The molecule has 126 valence electrons. The minimum absolute atomic E-state index is 0.0123. The lowest BCUT2D eigenvalue weighted by Gasteiger charge is -2.26. The molecule has 3 rings (SSSR count). The second-order valence-corrected chi connectivity index (χ2v) is 6.03. The highest BCUT2D eigenvalue weighted by atomic mass is 35.5. The van der Waals surface area contributed by atoms with Crippen molar-refractivity contribution in [1.29, 1.82) is 0 Å². The van der Waals surface area contributed by atoms with E-state index in [4.69, 9.17) is 16.3 Å². The van der Waals surface area contributed by atoms with Gasteiger partial charge in [-0.3, -0.25) is 4.79 Å². The summed E-state index contributed by atoms with van der Waals surface area (Å²) in [6, 6.07) is 5.21. The summed E-state index contributed by atoms with van der Waals surface area (Å²) in [6.45, 7) is 1.60. The Labute approximate surface area is 145 Å². The monoisotopic (exact) mass is 346 g/mol. The van der Waals surface area contributed by atoms with Crippen molar-refractivity contribution in [3.63, 3.8) is 0 Å². The topological polar surface area (TPSA) is 67.3 Å². The molecule has 0 aliphatic carbocycles. The van der Waals surface area contributed by atoms with E-state index in [1.165, 1.54) is 6.42 Å². The number of likely N-dealkylation sites (tertiary alicyclic amines) is 1. The molecule has 0 bridgehead atoms. The molecule has 0 aromatic carbocycles.